The molecule has 0 unspecified atom stereocenters. The average Bonchev–Trinajstić information content (AvgIpc) is 3.74. The highest BCUT2D eigenvalue weighted by Crippen LogP contribution is 2.54. The van der Waals surface area contributed by atoms with Gasteiger partial charge in [0.2, 0.25) is 0 Å². The lowest BCUT2D eigenvalue weighted by Gasteiger charge is -2.48. The Morgan fingerprint density at radius 3 is 2.29 bits per heavy atom. The Morgan fingerprint density at radius 2 is 1.65 bits per heavy atom. The summed E-state index contributed by atoms with van der Waals surface area (Å²) >= 11 is 0. The van der Waals surface area contributed by atoms with Crippen LogP contribution in [0.2, 0.25) is 0 Å². The lowest BCUT2D eigenvalue weighted by atomic mass is 9.78. The number of ether oxygens (including phenoxy) is 6. The molecule has 5 rings (SSSR count). The first-order valence-electron chi connectivity index (χ1n) is 18.6. The van der Waals surface area contributed by atoms with E-state index in [0.717, 1.165) is 25.7 Å². The summed E-state index contributed by atoms with van der Waals surface area (Å²) in [4.78, 5) is 24.3. The predicted octanol–water partition coefficient (Wildman–Crippen LogP) is 4.19. The molecule has 5 saturated heterocycles. The number of carboxylic acids is 1. The third kappa shape index (κ3) is 7.32. The molecular formula is C37H62O12. The zero-order valence-electron chi connectivity index (χ0n) is 30.9. The van der Waals surface area contributed by atoms with Gasteiger partial charge in [0, 0.05) is 37.0 Å². The van der Waals surface area contributed by atoms with Crippen LogP contribution in [0.1, 0.15) is 114 Å². The van der Waals surface area contributed by atoms with Crippen molar-refractivity contribution in [2.24, 2.45) is 35.5 Å². The molecule has 5 heterocycles. The van der Waals surface area contributed by atoms with Crippen molar-refractivity contribution in [1.82, 2.24) is 0 Å². The Kier molecular flexibility index (Phi) is 11.3. The Morgan fingerprint density at radius 1 is 0.959 bits per heavy atom. The van der Waals surface area contributed by atoms with E-state index in [9.17, 15) is 30.0 Å². The topological polar surface area (TPSA) is 170 Å². The Labute approximate surface area is 291 Å². The van der Waals surface area contributed by atoms with Gasteiger partial charge in [-0.25, -0.2) is 0 Å². The monoisotopic (exact) mass is 698 g/mol. The van der Waals surface area contributed by atoms with Gasteiger partial charge in [-0.1, -0.05) is 41.5 Å². The van der Waals surface area contributed by atoms with E-state index < -0.39 is 71.5 Å². The van der Waals surface area contributed by atoms with Gasteiger partial charge >= 0.3 is 11.9 Å². The molecule has 0 amide bonds. The van der Waals surface area contributed by atoms with Crippen molar-refractivity contribution in [2.75, 3.05) is 6.61 Å². The molecule has 0 saturated carbocycles. The minimum Gasteiger partial charge on any atom is -0.481 e. The van der Waals surface area contributed by atoms with Crippen molar-refractivity contribution < 1.29 is 58.4 Å². The number of hydrogen-bond donors (Lipinski definition) is 4. The number of rotatable bonds is 10. The van der Waals surface area contributed by atoms with Gasteiger partial charge < -0.3 is 48.8 Å². The minimum atomic E-state index is -1.58. The molecule has 0 aliphatic carbocycles. The molecule has 282 valence electrons. The fraction of sp³-hybridized carbons (Fsp3) is 0.946. The van der Waals surface area contributed by atoms with E-state index in [1.807, 2.05) is 27.7 Å². The van der Waals surface area contributed by atoms with Crippen molar-refractivity contribution in [1.29, 1.82) is 0 Å². The minimum absolute atomic E-state index is 0.121. The maximum Gasteiger partial charge on any atom is 0.309 e. The van der Waals surface area contributed by atoms with Crippen LogP contribution in [0.4, 0.5) is 0 Å². The standard InChI is InChI=1S/C37H62O12/c1-10-28(40)45-30(24(7)33(41)42)23(6)31-22(5)25(39)17-36(47-31)14-13-34(8,49-36)27-11-12-35(9,46-27)32-20(3)16-26(44-32)29-19(2)15-21(4)37(43,18-38)48-29/h19-27,29-32,38-39,43H,10-18H2,1-9H3,(H,41,42)/t19-,20-,21+,22+,23-,24+,25-,26+,27+,29-,30+,31-,32-,34-,35-,36+,37-/m0/s1. The van der Waals surface area contributed by atoms with Gasteiger partial charge in [0.1, 0.15) is 6.10 Å². The van der Waals surface area contributed by atoms with Crippen molar-refractivity contribution in [2.45, 2.75) is 179 Å². The molecule has 0 bridgehead atoms. The fourth-order valence-corrected chi connectivity index (χ4v) is 9.66. The number of carbonyl (C=O) groups excluding carboxylic acids is 1. The quantitative estimate of drug-likeness (QED) is 0.240. The second-order valence-electron chi connectivity index (χ2n) is 16.8. The lowest BCUT2D eigenvalue weighted by Crippen LogP contribution is -2.57. The van der Waals surface area contributed by atoms with Gasteiger partial charge in [-0.15, -0.1) is 0 Å². The Hall–Kier alpha value is -1.38. The smallest absolute Gasteiger partial charge is 0.309 e. The summed E-state index contributed by atoms with van der Waals surface area (Å²) < 4.78 is 39.1. The third-order valence-electron chi connectivity index (χ3n) is 12.9. The van der Waals surface area contributed by atoms with Crippen LogP contribution in [0.3, 0.4) is 0 Å². The van der Waals surface area contributed by atoms with Crippen molar-refractivity contribution in [3.8, 4) is 0 Å². The molecule has 0 aromatic rings. The van der Waals surface area contributed by atoms with E-state index in [2.05, 4.69) is 20.8 Å². The summed E-state index contributed by atoms with van der Waals surface area (Å²) in [5, 5.41) is 42.0. The summed E-state index contributed by atoms with van der Waals surface area (Å²) in [7, 11) is 0. The maximum atomic E-state index is 12.3. The third-order valence-corrected chi connectivity index (χ3v) is 12.9. The molecule has 49 heavy (non-hydrogen) atoms. The van der Waals surface area contributed by atoms with Crippen LogP contribution < -0.4 is 0 Å². The maximum absolute atomic E-state index is 12.3. The van der Waals surface area contributed by atoms with Gasteiger partial charge in [-0.05, 0) is 64.7 Å². The van der Waals surface area contributed by atoms with Gasteiger partial charge in [0.15, 0.2) is 11.6 Å². The summed E-state index contributed by atoms with van der Waals surface area (Å²) in [5.74, 6) is -5.90. The number of aliphatic hydroxyl groups excluding tert-OH is 2. The number of carboxylic acid groups (broad SMARTS) is 1. The molecule has 0 aromatic heterocycles. The molecule has 12 heteroatoms. The highest BCUT2D eigenvalue weighted by atomic mass is 16.7. The first-order valence-corrected chi connectivity index (χ1v) is 18.6. The highest BCUT2D eigenvalue weighted by Gasteiger charge is 2.61. The first-order chi connectivity index (χ1) is 22.8. The van der Waals surface area contributed by atoms with Crippen LogP contribution in [-0.4, -0.2) is 104 Å². The summed E-state index contributed by atoms with van der Waals surface area (Å²) in [6.07, 6.45) is 1.24. The molecule has 17 atom stereocenters. The number of esters is 1. The SMILES string of the molecule is CCC(=O)O[C@H]([C@H](C)[C@H]1O[C@@]2(CC[C@@](C)([C@H]3CC[C@@](C)([C@H]4O[C@@H]([C@H]5O[C@@](O)(CO)[C@H](C)C[C@@H]5C)C[C@@H]4C)O3)O2)C[C@H](O)[C@H]1C)[C@@H](C)C(=O)O. The molecule has 5 fully saturated rings. The Bertz CT molecular complexity index is 1200. The molecule has 0 radical (unpaired) electrons. The summed E-state index contributed by atoms with van der Waals surface area (Å²) in [5.41, 5.74) is -1.29. The zero-order valence-corrected chi connectivity index (χ0v) is 30.9. The molecule has 5 aliphatic rings. The van der Waals surface area contributed by atoms with Gasteiger partial charge in [0.05, 0.1) is 60.4 Å². The Balaban J connectivity index is 1.27. The fourth-order valence-electron chi connectivity index (χ4n) is 9.66. The molecule has 1 spiro atoms. The van der Waals surface area contributed by atoms with Gasteiger partial charge in [0.25, 0.3) is 0 Å². The highest BCUT2D eigenvalue weighted by molar-refractivity contribution is 5.72. The van der Waals surface area contributed by atoms with Crippen LogP contribution in [0.15, 0.2) is 0 Å². The van der Waals surface area contributed by atoms with Crippen LogP contribution in [0.5, 0.6) is 0 Å². The van der Waals surface area contributed by atoms with Crippen molar-refractivity contribution >= 4 is 11.9 Å². The molecular weight excluding hydrogens is 636 g/mol. The van der Waals surface area contributed by atoms with Crippen LogP contribution >= 0.6 is 0 Å². The van der Waals surface area contributed by atoms with E-state index >= 15 is 0 Å². The lowest BCUT2D eigenvalue weighted by molar-refractivity contribution is -0.335. The van der Waals surface area contributed by atoms with Crippen molar-refractivity contribution in [3.63, 3.8) is 0 Å². The van der Waals surface area contributed by atoms with Gasteiger partial charge in [-0.2, -0.15) is 0 Å². The summed E-state index contributed by atoms with van der Waals surface area (Å²) in [6.45, 7) is 16.7. The van der Waals surface area contributed by atoms with E-state index in [1.54, 1.807) is 6.92 Å². The normalized spacial score (nSPS) is 49.1. The van der Waals surface area contributed by atoms with Crippen molar-refractivity contribution in [3.05, 3.63) is 0 Å². The average molecular weight is 699 g/mol. The molecule has 4 N–H and O–H groups in total. The second-order valence-corrected chi connectivity index (χ2v) is 16.8. The number of aliphatic hydroxyl groups is 3. The van der Waals surface area contributed by atoms with Crippen LogP contribution in [0.25, 0.3) is 0 Å². The largest absolute Gasteiger partial charge is 0.481 e. The van der Waals surface area contributed by atoms with E-state index in [1.165, 1.54) is 6.92 Å². The van der Waals surface area contributed by atoms with E-state index in [0.29, 0.717) is 12.8 Å². The van der Waals surface area contributed by atoms with Crippen LogP contribution in [-0.2, 0) is 38.0 Å². The number of hydrogen-bond acceptors (Lipinski definition) is 11. The second kappa shape index (κ2) is 14.2. The van der Waals surface area contributed by atoms with E-state index in [-0.39, 0.29) is 60.9 Å². The summed E-state index contributed by atoms with van der Waals surface area (Å²) in [6, 6.07) is 0. The predicted molar refractivity (Wildman–Crippen MR) is 177 cm³/mol. The van der Waals surface area contributed by atoms with Gasteiger partial charge in [-0.3, -0.25) is 9.59 Å². The van der Waals surface area contributed by atoms with Crippen LogP contribution in [0, 0.1) is 35.5 Å². The first kappa shape index (κ1) is 38.8. The molecule has 0 aromatic carbocycles. The number of aliphatic carboxylic acids is 1. The zero-order chi connectivity index (χ0) is 36.3. The molecule has 12 nitrogen and oxygen atoms in total. The number of carbonyl (C=O) groups is 2. The molecule has 5 aliphatic heterocycles. The van der Waals surface area contributed by atoms with E-state index in [4.69, 9.17) is 28.4 Å².